The first-order chi connectivity index (χ1) is 17.4. The van der Waals surface area contributed by atoms with Crippen molar-refractivity contribution in [1.82, 2.24) is 10.2 Å². The lowest BCUT2D eigenvalue weighted by atomic mass is 9.93. The Morgan fingerprint density at radius 1 is 0.972 bits per heavy atom. The van der Waals surface area contributed by atoms with Crippen molar-refractivity contribution in [1.29, 1.82) is 0 Å². The van der Waals surface area contributed by atoms with Crippen LogP contribution >= 0.6 is 0 Å². The number of nitrogens with zero attached hydrogens (tertiary/aromatic N) is 1. The molecule has 2 N–H and O–H groups in total. The van der Waals surface area contributed by atoms with E-state index in [9.17, 15) is 9.59 Å². The van der Waals surface area contributed by atoms with E-state index in [1.54, 1.807) is 6.08 Å². The number of rotatable bonds is 10. The maximum atomic E-state index is 12.8. The standard InChI is InChI=1S/C31H39N3O2/c1-5-28(24(4)21-23(2)3)32-30(35)17-20-34-18-15-25(16-19-34)22-31(36)33-29-14-10-9-13-27(29)26-11-7-6-8-12-26/h5-14,21,25H,1,15-20,22H2,2-4H3,(H,32,35)(H,33,36)/b28-24+. The van der Waals surface area contributed by atoms with E-state index in [4.69, 9.17) is 0 Å². The molecular weight excluding hydrogens is 446 g/mol. The van der Waals surface area contributed by atoms with Crippen molar-refractivity contribution in [2.75, 3.05) is 25.0 Å². The van der Waals surface area contributed by atoms with Gasteiger partial charge >= 0.3 is 0 Å². The van der Waals surface area contributed by atoms with Crippen molar-refractivity contribution >= 4 is 17.5 Å². The summed E-state index contributed by atoms with van der Waals surface area (Å²) in [4.78, 5) is 27.6. The monoisotopic (exact) mass is 485 g/mol. The summed E-state index contributed by atoms with van der Waals surface area (Å²) in [6.07, 6.45) is 6.63. The van der Waals surface area contributed by atoms with Gasteiger partial charge in [-0.25, -0.2) is 0 Å². The molecule has 36 heavy (non-hydrogen) atoms. The highest BCUT2D eigenvalue weighted by Gasteiger charge is 2.22. The minimum absolute atomic E-state index is 0.00462. The first kappa shape index (κ1) is 27.2. The van der Waals surface area contributed by atoms with Crippen LogP contribution in [0.15, 0.2) is 90.2 Å². The fourth-order valence-corrected chi connectivity index (χ4v) is 4.63. The highest BCUT2D eigenvalue weighted by Crippen LogP contribution is 2.28. The molecule has 1 saturated heterocycles. The number of carbonyl (C=O) groups is 2. The van der Waals surface area contributed by atoms with Crippen LogP contribution in [0.3, 0.4) is 0 Å². The van der Waals surface area contributed by atoms with Gasteiger partial charge in [0.1, 0.15) is 0 Å². The van der Waals surface area contributed by atoms with E-state index in [2.05, 4.69) is 34.2 Å². The number of carbonyl (C=O) groups excluding carboxylic acids is 2. The number of anilines is 1. The Hall–Kier alpha value is -3.44. The summed E-state index contributed by atoms with van der Waals surface area (Å²) in [7, 11) is 0. The van der Waals surface area contributed by atoms with Crippen LogP contribution in [-0.2, 0) is 9.59 Å². The molecule has 2 aromatic carbocycles. The Kier molecular flexibility index (Phi) is 10.3. The van der Waals surface area contributed by atoms with E-state index in [-0.39, 0.29) is 11.8 Å². The molecule has 1 aliphatic rings. The number of para-hydroxylation sites is 1. The molecule has 5 nitrogen and oxygen atoms in total. The summed E-state index contributed by atoms with van der Waals surface area (Å²) in [6, 6.07) is 18.1. The Morgan fingerprint density at radius 3 is 2.31 bits per heavy atom. The van der Waals surface area contributed by atoms with Crippen molar-refractivity contribution in [3.05, 3.63) is 90.2 Å². The van der Waals surface area contributed by atoms with Crippen molar-refractivity contribution in [3.63, 3.8) is 0 Å². The number of likely N-dealkylation sites (tertiary alicyclic amines) is 1. The van der Waals surface area contributed by atoms with Gasteiger partial charge in [-0.05, 0) is 75.9 Å². The minimum Gasteiger partial charge on any atom is -0.326 e. The second-order valence-corrected chi connectivity index (χ2v) is 9.77. The molecule has 0 radical (unpaired) electrons. The molecule has 0 atom stereocenters. The third-order valence-electron chi connectivity index (χ3n) is 6.53. The lowest BCUT2D eigenvalue weighted by molar-refractivity contribution is -0.120. The molecule has 0 saturated carbocycles. The molecule has 1 heterocycles. The van der Waals surface area contributed by atoms with Gasteiger partial charge in [-0.15, -0.1) is 0 Å². The molecule has 3 rings (SSSR count). The van der Waals surface area contributed by atoms with Gasteiger partial charge in [-0.2, -0.15) is 0 Å². The number of nitrogens with one attached hydrogen (secondary N) is 2. The molecule has 0 aromatic heterocycles. The predicted molar refractivity (Wildman–Crippen MR) is 149 cm³/mol. The molecule has 0 aliphatic carbocycles. The molecule has 0 unspecified atom stereocenters. The Morgan fingerprint density at radius 2 is 1.64 bits per heavy atom. The number of hydrogen-bond acceptors (Lipinski definition) is 3. The van der Waals surface area contributed by atoms with Crippen LogP contribution in [-0.4, -0.2) is 36.3 Å². The molecule has 0 spiro atoms. The average molecular weight is 486 g/mol. The normalized spacial score (nSPS) is 15.0. The van der Waals surface area contributed by atoms with Gasteiger partial charge in [0.2, 0.25) is 11.8 Å². The van der Waals surface area contributed by atoms with Gasteiger partial charge < -0.3 is 15.5 Å². The molecule has 2 amide bonds. The summed E-state index contributed by atoms with van der Waals surface area (Å²) in [5, 5.41) is 6.11. The summed E-state index contributed by atoms with van der Waals surface area (Å²) < 4.78 is 0. The smallest absolute Gasteiger partial charge is 0.225 e. The van der Waals surface area contributed by atoms with Gasteiger partial charge in [0.05, 0.1) is 0 Å². The molecular formula is C31H39N3O2. The fraction of sp³-hybridized carbons (Fsp3) is 0.355. The number of hydrogen-bond donors (Lipinski definition) is 2. The van der Waals surface area contributed by atoms with E-state index in [1.165, 1.54) is 5.57 Å². The summed E-state index contributed by atoms with van der Waals surface area (Å²) in [5.41, 5.74) is 5.92. The second kappa shape index (κ2) is 13.6. The quantitative estimate of drug-likeness (QED) is 0.387. The maximum absolute atomic E-state index is 12.8. The van der Waals surface area contributed by atoms with E-state index in [0.29, 0.717) is 18.8 Å². The van der Waals surface area contributed by atoms with Gasteiger partial charge in [0, 0.05) is 36.3 Å². The van der Waals surface area contributed by atoms with Gasteiger partial charge in [-0.1, -0.05) is 66.8 Å². The zero-order valence-electron chi connectivity index (χ0n) is 21.8. The number of benzene rings is 2. The fourth-order valence-electron chi connectivity index (χ4n) is 4.63. The van der Waals surface area contributed by atoms with Crippen LogP contribution in [0.4, 0.5) is 5.69 Å². The van der Waals surface area contributed by atoms with E-state index in [0.717, 1.165) is 60.6 Å². The first-order valence-corrected chi connectivity index (χ1v) is 12.8. The molecule has 1 fully saturated rings. The topological polar surface area (TPSA) is 61.4 Å². The van der Waals surface area contributed by atoms with Crippen molar-refractivity contribution in [3.8, 4) is 11.1 Å². The number of amides is 2. The van der Waals surface area contributed by atoms with Gasteiger partial charge in [0.25, 0.3) is 0 Å². The highest BCUT2D eigenvalue weighted by molar-refractivity contribution is 5.95. The zero-order valence-corrected chi connectivity index (χ0v) is 21.8. The van der Waals surface area contributed by atoms with Crippen molar-refractivity contribution < 1.29 is 9.59 Å². The van der Waals surface area contributed by atoms with E-state index in [1.807, 2.05) is 69.3 Å². The van der Waals surface area contributed by atoms with Crippen LogP contribution in [0.2, 0.25) is 0 Å². The average Bonchev–Trinajstić information content (AvgIpc) is 2.87. The maximum Gasteiger partial charge on any atom is 0.225 e. The summed E-state index contributed by atoms with van der Waals surface area (Å²) in [5.74, 6) is 0.428. The van der Waals surface area contributed by atoms with Crippen LogP contribution in [0.1, 0.15) is 46.5 Å². The predicted octanol–water partition coefficient (Wildman–Crippen LogP) is 6.33. The SMILES string of the molecule is C=C/C(NC(=O)CCN1CCC(CC(=O)Nc2ccccc2-c2ccccc2)CC1)=C(/C)C=C(C)C. The third-order valence-corrected chi connectivity index (χ3v) is 6.53. The summed E-state index contributed by atoms with van der Waals surface area (Å²) in [6.45, 7) is 12.4. The van der Waals surface area contributed by atoms with Crippen LogP contribution in [0, 0.1) is 5.92 Å². The molecule has 2 aromatic rings. The van der Waals surface area contributed by atoms with Gasteiger partial charge in [0.15, 0.2) is 0 Å². The van der Waals surface area contributed by atoms with Crippen LogP contribution in [0.25, 0.3) is 11.1 Å². The van der Waals surface area contributed by atoms with Gasteiger partial charge in [-0.3, -0.25) is 9.59 Å². The Bertz CT molecular complexity index is 1110. The van der Waals surface area contributed by atoms with E-state index >= 15 is 0 Å². The van der Waals surface area contributed by atoms with Crippen molar-refractivity contribution in [2.24, 2.45) is 5.92 Å². The van der Waals surface area contributed by atoms with Crippen LogP contribution in [0.5, 0.6) is 0 Å². The largest absolute Gasteiger partial charge is 0.326 e. The van der Waals surface area contributed by atoms with Crippen molar-refractivity contribution in [2.45, 2.75) is 46.5 Å². The molecule has 190 valence electrons. The lowest BCUT2D eigenvalue weighted by Crippen LogP contribution is -2.37. The van der Waals surface area contributed by atoms with E-state index < -0.39 is 0 Å². The number of piperidine rings is 1. The Labute approximate surface area is 216 Å². The molecule has 0 bridgehead atoms. The Balaban J connectivity index is 1.43. The lowest BCUT2D eigenvalue weighted by Gasteiger charge is -2.31. The highest BCUT2D eigenvalue weighted by atomic mass is 16.2. The van der Waals surface area contributed by atoms with Crippen LogP contribution < -0.4 is 10.6 Å². The zero-order chi connectivity index (χ0) is 25.9. The minimum atomic E-state index is 0.00462. The molecule has 5 heteroatoms. The second-order valence-electron chi connectivity index (χ2n) is 9.77. The third kappa shape index (κ3) is 8.35. The first-order valence-electron chi connectivity index (χ1n) is 12.8. The summed E-state index contributed by atoms with van der Waals surface area (Å²) >= 11 is 0. The number of allylic oxidation sites excluding steroid dienone is 4. The molecule has 1 aliphatic heterocycles.